The fourth-order valence-electron chi connectivity index (χ4n) is 5.76. The lowest BCUT2D eigenvalue weighted by molar-refractivity contribution is -0.121. The van der Waals surface area contributed by atoms with E-state index in [0.717, 1.165) is 66.0 Å². The molecular formula is C40H46N8O2. The predicted octanol–water partition coefficient (Wildman–Crippen LogP) is 9.78. The topological polar surface area (TPSA) is 96.5 Å². The van der Waals surface area contributed by atoms with E-state index < -0.39 is 0 Å². The molecule has 0 saturated carbocycles. The largest absolute Gasteiger partial charge is 0.368 e. The summed E-state index contributed by atoms with van der Waals surface area (Å²) in [5.41, 5.74) is 7.52. The van der Waals surface area contributed by atoms with Gasteiger partial charge < -0.3 is 19.6 Å². The third kappa shape index (κ3) is 8.87. The van der Waals surface area contributed by atoms with Gasteiger partial charge in [0.25, 0.3) is 5.91 Å². The van der Waals surface area contributed by atoms with Gasteiger partial charge in [-0.05, 0) is 118 Å². The van der Waals surface area contributed by atoms with Gasteiger partial charge in [0, 0.05) is 73.5 Å². The van der Waals surface area contributed by atoms with Crippen LogP contribution >= 0.6 is 0 Å². The molecule has 0 atom stereocenters. The fraction of sp³-hybridized carbons (Fsp3) is 0.300. The van der Waals surface area contributed by atoms with Crippen LogP contribution in [0.5, 0.6) is 0 Å². The van der Waals surface area contributed by atoms with E-state index in [1.807, 2.05) is 100 Å². The van der Waals surface area contributed by atoms with E-state index in [4.69, 9.17) is 0 Å². The second kappa shape index (κ2) is 16.6. The molecule has 2 amide bonds. The Bertz CT molecular complexity index is 1810. The average Bonchev–Trinajstić information content (AvgIpc) is 3.15. The lowest BCUT2D eigenvalue weighted by atomic mass is 10.1. The summed E-state index contributed by atoms with van der Waals surface area (Å²) >= 11 is 0. The number of hydrogen-bond acceptors (Lipinski definition) is 8. The molecule has 0 radical (unpaired) electrons. The van der Waals surface area contributed by atoms with Crippen LogP contribution in [0, 0.1) is 5.92 Å². The van der Waals surface area contributed by atoms with Crippen LogP contribution in [0.2, 0.25) is 0 Å². The average molecular weight is 671 g/mol. The van der Waals surface area contributed by atoms with Crippen molar-refractivity contribution in [3.63, 3.8) is 0 Å². The van der Waals surface area contributed by atoms with E-state index in [1.54, 1.807) is 16.7 Å². The van der Waals surface area contributed by atoms with E-state index in [-0.39, 0.29) is 17.7 Å². The number of carbonyl (C=O) groups excluding carboxylic acids is 2. The zero-order valence-electron chi connectivity index (χ0n) is 29.7. The maximum atomic E-state index is 12.5. The Morgan fingerprint density at radius 3 is 1.22 bits per heavy atom. The van der Waals surface area contributed by atoms with Gasteiger partial charge in [-0.25, -0.2) is 0 Å². The molecule has 0 aromatic heterocycles. The van der Waals surface area contributed by atoms with E-state index >= 15 is 0 Å². The highest BCUT2D eigenvalue weighted by Gasteiger charge is 2.19. The van der Waals surface area contributed by atoms with E-state index in [0.29, 0.717) is 24.4 Å². The molecule has 4 aromatic carbocycles. The molecule has 0 N–H and O–H groups in total. The van der Waals surface area contributed by atoms with E-state index in [2.05, 4.69) is 61.1 Å². The van der Waals surface area contributed by atoms with Crippen molar-refractivity contribution in [1.82, 2.24) is 0 Å². The summed E-state index contributed by atoms with van der Waals surface area (Å²) in [6, 6.07) is 31.4. The van der Waals surface area contributed by atoms with Crippen molar-refractivity contribution in [2.24, 2.45) is 26.4 Å². The standard InChI is InChI=1S/C40H46N8O2/c1-7-47(39(49)29(3)4)37-21-13-33(14-22-37)43-41-31-9-17-35(18-10-31)45-25-27-46(28-26-45)36-19-11-32(12-20-36)42-44-34-15-23-38(24-16-34)48(8-2)40(50)30(5)6/h9-24,30H,3,7-8,25-28H2,1-2,4-6H3. The lowest BCUT2D eigenvalue weighted by Crippen LogP contribution is -2.46. The van der Waals surface area contributed by atoms with Gasteiger partial charge in [-0.1, -0.05) is 20.4 Å². The van der Waals surface area contributed by atoms with Crippen LogP contribution in [0.1, 0.15) is 34.6 Å². The van der Waals surface area contributed by atoms with Crippen LogP contribution < -0.4 is 19.6 Å². The minimum atomic E-state index is -0.0854. The molecule has 1 aliphatic rings. The first-order chi connectivity index (χ1) is 24.2. The first kappa shape index (κ1) is 35.7. The van der Waals surface area contributed by atoms with Crippen LogP contribution in [-0.2, 0) is 9.59 Å². The number of amides is 2. The maximum Gasteiger partial charge on any atom is 0.253 e. The molecule has 1 fully saturated rings. The second-order valence-corrected chi connectivity index (χ2v) is 12.5. The zero-order valence-corrected chi connectivity index (χ0v) is 29.7. The molecule has 1 saturated heterocycles. The van der Waals surface area contributed by atoms with Gasteiger partial charge in [0.15, 0.2) is 0 Å². The van der Waals surface area contributed by atoms with Crippen LogP contribution in [0.25, 0.3) is 0 Å². The normalized spacial score (nSPS) is 13.3. The Kier molecular flexibility index (Phi) is 11.9. The summed E-state index contributed by atoms with van der Waals surface area (Å²) in [6.45, 7) is 18.1. The second-order valence-electron chi connectivity index (χ2n) is 12.5. The lowest BCUT2D eigenvalue weighted by Gasteiger charge is -2.37. The number of benzene rings is 4. The molecule has 10 heteroatoms. The molecule has 4 aromatic rings. The Hall–Kier alpha value is -5.64. The predicted molar refractivity (Wildman–Crippen MR) is 204 cm³/mol. The van der Waals surface area contributed by atoms with Gasteiger partial charge in [-0.3, -0.25) is 9.59 Å². The van der Waals surface area contributed by atoms with Gasteiger partial charge in [0.1, 0.15) is 0 Å². The summed E-state index contributed by atoms with van der Waals surface area (Å²) in [4.78, 5) is 33.1. The summed E-state index contributed by atoms with van der Waals surface area (Å²) in [5, 5.41) is 17.6. The van der Waals surface area contributed by atoms with Crippen LogP contribution in [-0.4, -0.2) is 51.1 Å². The van der Waals surface area contributed by atoms with Crippen LogP contribution in [0.4, 0.5) is 45.5 Å². The fourth-order valence-corrected chi connectivity index (χ4v) is 5.76. The molecule has 0 unspecified atom stereocenters. The highest BCUT2D eigenvalue weighted by atomic mass is 16.2. The van der Waals surface area contributed by atoms with Crippen molar-refractivity contribution < 1.29 is 9.59 Å². The van der Waals surface area contributed by atoms with Gasteiger partial charge in [-0.2, -0.15) is 20.5 Å². The van der Waals surface area contributed by atoms with Crippen molar-refractivity contribution in [3.8, 4) is 0 Å². The van der Waals surface area contributed by atoms with Gasteiger partial charge >= 0.3 is 0 Å². The molecule has 0 spiro atoms. The van der Waals surface area contributed by atoms with Gasteiger partial charge in [0.2, 0.25) is 5.91 Å². The highest BCUT2D eigenvalue weighted by Crippen LogP contribution is 2.28. The number of carbonyl (C=O) groups is 2. The number of azo groups is 2. The summed E-state index contributed by atoms with van der Waals surface area (Å²) in [6.07, 6.45) is 0. The first-order valence-corrected chi connectivity index (χ1v) is 17.2. The molecule has 1 aliphatic heterocycles. The van der Waals surface area contributed by atoms with Gasteiger partial charge in [-0.15, -0.1) is 0 Å². The minimum Gasteiger partial charge on any atom is -0.368 e. The zero-order chi connectivity index (χ0) is 35.6. The molecule has 50 heavy (non-hydrogen) atoms. The van der Waals surface area contributed by atoms with Crippen molar-refractivity contribution in [3.05, 3.63) is 109 Å². The summed E-state index contributed by atoms with van der Waals surface area (Å²) < 4.78 is 0. The van der Waals surface area contributed by atoms with Crippen molar-refractivity contribution >= 4 is 57.3 Å². The Balaban J connectivity index is 1.10. The number of likely N-dealkylation sites (N-methyl/N-ethyl adjacent to an activating group) is 1. The number of nitrogens with zero attached hydrogens (tertiary/aromatic N) is 8. The molecule has 0 aliphatic carbocycles. The monoisotopic (exact) mass is 670 g/mol. The van der Waals surface area contributed by atoms with E-state index in [9.17, 15) is 9.59 Å². The minimum absolute atomic E-state index is 0.0546. The van der Waals surface area contributed by atoms with Gasteiger partial charge in [0.05, 0.1) is 22.7 Å². The smallest absolute Gasteiger partial charge is 0.253 e. The summed E-state index contributed by atoms with van der Waals surface area (Å²) in [5.74, 6) is -0.0325. The third-order valence-electron chi connectivity index (χ3n) is 8.60. The Morgan fingerprint density at radius 2 is 0.920 bits per heavy atom. The Morgan fingerprint density at radius 1 is 0.600 bits per heavy atom. The molecule has 5 rings (SSSR count). The number of rotatable bonds is 12. The van der Waals surface area contributed by atoms with Crippen LogP contribution in [0.3, 0.4) is 0 Å². The highest BCUT2D eigenvalue weighted by molar-refractivity contribution is 6.04. The maximum absolute atomic E-state index is 12.5. The van der Waals surface area contributed by atoms with Crippen LogP contribution in [0.15, 0.2) is 130 Å². The number of piperazine rings is 1. The molecule has 258 valence electrons. The third-order valence-corrected chi connectivity index (χ3v) is 8.60. The molecule has 1 heterocycles. The van der Waals surface area contributed by atoms with E-state index in [1.165, 1.54) is 0 Å². The molecule has 0 bridgehead atoms. The summed E-state index contributed by atoms with van der Waals surface area (Å²) in [7, 11) is 0. The van der Waals surface area contributed by atoms with Crippen molar-refractivity contribution in [2.75, 3.05) is 58.9 Å². The first-order valence-electron chi connectivity index (χ1n) is 17.2. The number of hydrogen-bond donors (Lipinski definition) is 0. The molecule has 10 nitrogen and oxygen atoms in total. The molecular weight excluding hydrogens is 624 g/mol. The Labute approximate surface area is 295 Å². The SMILES string of the molecule is C=C(C)C(=O)N(CC)c1ccc(N=Nc2ccc(N3CCN(c4ccc(N=Nc5ccc(N(CC)C(=O)C(C)C)cc5)cc4)CC3)cc2)cc1. The van der Waals surface area contributed by atoms with Crippen molar-refractivity contribution in [2.45, 2.75) is 34.6 Å². The number of anilines is 4. The quantitative estimate of drug-likeness (QED) is 0.111. The van der Waals surface area contributed by atoms with Crippen molar-refractivity contribution in [1.29, 1.82) is 0 Å².